The fraction of sp³-hybridized carbons (Fsp3) is 0.265. The Morgan fingerprint density at radius 2 is 1.03 bits per heavy atom. The van der Waals surface area contributed by atoms with E-state index in [1.54, 1.807) is 0 Å². The van der Waals surface area contributed by atoms with E-state index >= 15 is 0 Å². The molecule has 36 heavy (non-hydrogen) atoms. The fourth-order valence-electron chi connectivity index (χ4n) is 7.89. The Balaban J connectivity index is 1.67. The summed E-state index contributed by atoms with van der Waals surface area (Å²) in [7, 11) is 0. The van der Waals surface area contributed by atoms with Gasteiger partial charge in [0.05, 0.1) is 11.6 Å². The van der Waals surface area contributed by atoms with Crippen molar-refractivity contribution in [2.75, 3.05) is 0 Å². The summed E-state index contributed by atoms with van der Waals surface area (Å²) >= 11 is 0. The monoisotopic (exact) mass is 463 g/mol. The predicted octanol–water partition coefficient (Wildman–Crippen LogP) is 5.66. The van der Waals surface area contributed by atoms with E-state index in [2.05, 4.69) is 108 Å². The van der Waals surface area contributed by atoms with Crippen molar-refractivity contribution in [3.8, 4) is 17.2 Å². The number of hydrogen-bond acceptors (Lipinski definition) is 1. The van der Waals surface area contributed by atoms with Crippen molar-refractivity contribution in [2.45, 2.75) is 57.8 Å². The van der Waals surface area contributed by atoms with Crippen molar-refractivity contribution in [1.82, 2.24) is 0 Å². The summed E-state index contributed by atoms with van der Waals surface area (Å²) in [6.07, 6.45) is 0. The Kier molecular flexibility index (Phi) is 3.98. The van der Waals surface area contributed by atoms with Crippen LogP contribution in [0.4, 0.5) is 0 Å². The lowest BCUT2D eigenvalue weighted by atomic mass is 9.23. The topological polar surface area (TPSA) is 23.8 Å². The van der Waals surface area contributed by atoms with Crippen LogP contribution in [0.2, 0.25) is 0 Å². The van der Waals surface area contributed by atoms with Gasteiger partial charge in [0, 0.05) is 16.2 Å². The molecule has 0 atom stereocenters. The van der Waals surface area contributed by atoms with Crippen molar-refractivity contribution in [2.24, 2.45) is 0 Å². The van der Waals surface area contributed by atoms with E-state index in [0.29, 0.717) is 5.56 Å². The van der Waals surface area contributed by atoms with Gasteiger partial charge in [0.2, 0.25) is 6.71 Å². The van der Waals surface area contributed by atoms with Gasteiger partial charge in [0.15, 0.2) is 0 Å². The van der Waals surface area contributed by atoms with Crippen molar-refractivity contribution in [3.05, 3.63) is 112 Å². The molecule has 0 N–H and O–H groups in total. The Hall–Kier alpha value is -3.57. The average Bonchev–Trinajstić information content (AvgIpc) is 2.87. The summed E-state index contributed by atoms with van der Waals surface area (Å²) in [5.74, 6) is 0. The maximum atomic E-state index is 9.37. The molecule has 7 rings (SSSR count). The molecule has 0 bridgehead atoms. The number of nitrogens with zero attached hydrogens (tertiary/aromatic N) is 1. The molecular formula is C34H30BN. The summed E-state index contributed by atoms with van der Waals surface area (Å²) < 4.78 is 0. The van der Waals surface area contributed by atoms with Crippen LogP contribution in [0.15, 0.2) is 72.8 Å². The average molecular weight is 463 g/mol. The molecule has 3 aliphatic rings. The zero-order valence-corrected chi connectivity index (χ0v) is 22.0. The maximum Gasteiger partial charge on any atom is 0.243 e. The third-order valence-corrected chi connectivity index (χ3v) is 9.64. The van der Waals surface area contributed by atoms with E-state index in [9.17, 15) is 5.26 Å². The van der Waals surface area contributed by atoms with Crippen molar-refractivity contribution in [3.63, 3.8) is 0 Å². The summed E-state index contributed by atoms with van der Waals surface area (Å²) in [4.78, 5) is 0. The first kappa shape index (κ1) is 21.7. The van der Waals surface area contributed by atoms with Crippen LogP contribution in [0.5, 0.6) is 0 Å². The number of rotatable bonds is 1. The van der Waals surface area contributed by atoms with Gasteiger partial charge in [-0.2, -0.15) is 5.26 Å². The van der Waals surface area contributed by atoms with Crippen LogP contribution in [0.1, 0.15) is 80.5 Å². The summed E-state index contributed by atoms with van der Waals surface area (Å²) in [6, 6.07) is 29.2. The summed E-state index contributed by atoms with van der Waals surface area (Å²) in [5, 5.41) is 9.37. The fourth-order valence-corrected chi connectivity index (χ4v) is 7.89. The van der Waals surface area contributed by atoms with Crippen LogP contribution >= 0.6 is 0 Å². The van der Waals surface area contributed by atoms with Crippen LogP contribution < -0.4 is 16.4 Å². The van der Waals surface area contributed by atoms with E-state index in [-0.39, 0.29) is 23.0 Å². The lowest BCUT2D eigenvalue weighted by Crippen LogP contribution is -2.71. The Morgan fingerprint density at radius 3 is 1.53 bits per heavy atom. The molecule has 2 heteroatoms. The van der Waals surface area contributed by atoms with Gasteiger partial charge < -0.3 is 0 Å². The van der Waals surface area contributed by atoms with E-state index in [0.717, 1.165) is 0 Å². The molecule has 1 nitrogen and oxygen atoms in total. The van der Waals surface area contributed by atoms with Crippen molar-refractivity contribution >= 4 is 23.1 Å². The molecule has 0 unspecified atom stereocenters. The highest BCUT2D eigenvalue weighted by Gasteiger charge is 2.54. The van der Waals surface area contributed by atoms with Crippen LogP contribution in [0.3, 0.4) is 0 Å². The largest absolute Gasteiger partial charge is 0.243 e. The first-order valence-electron chi connectivity index (χ1n) is 13.1. The summed E-state index contributed by atoms with van der Waals surface area (Å²) in [5.41, 5.74) is 16.3. The molecule has 0 aromatic heterocycles. The lowest BCUT2D eigenvalue weighted by molar-refractivity contribution is 0.600. The minimum absolute atomic E-state index is 0.0426. The predicted molar refractivity (Wildman–Crippen MR) is 151 cm³/mol. The molecule has 0 saturated heterocycles. The second-order valence-corrected chi connectivity index (χ2v) is 12.5. The SMILES string of the molecule is CC1(C)c2cccc3c2B2c4c1cccc4C(C)(C)c1c(-c4ccc(C#N)cc4)ccc(c12)C3(C)C. The molecular weight excluding hydrogens is 433 g/mol. The van der Waals surface area contributed by atoms with Crippen LogP contribution in [-0.2, 0) is 16.2 Å². The molecule has 0 fully saturated rings. The normalized spacial score (nSPS) is 18.3. The van der Waals surface area contributed by atoms with E-state index in [1.807, 2.05) is 12.1 Å². The van der Waals surface area contributed by atoms with Crippen LogP contribution in [0.25, 0.3) is 11.1 Å². The van der Waals surface area contributed by atoms with Gasteiger partial charge in [0.25, 0.3) is 0 Å². The number of benzene rings is 4. The molecule has 0 amide bonds. The lowest BCUT2D eigenvalue weighted by Gasteiger charge is -2.52. The standard InChI is InChI=1S/C34H30BN/c1-32(2)23-9-7-10-24-29(23)35-30-25(32)11-8-12-26(30)34(5,6)28-22(21-15-13-20(19-36)14-16-21)17-18-27(31(28)35)33(24,3)4/h7-18H,1-6H3. The highest BCUT2D eigenvalue weighted by atomic mass is 14.5. The van der Waals surface area contributed by atoms with Gasteiger partial charge in [-0.3, -0.25) is 0 Å². The van der Waals surface area contributed by atoms with Crippen LogP contribution in [0, 0.1) is 11.3 Å². The van der Waals surface area contributed by atoms with E-state index in [4.69, 9.17) is 0 Å². The quantitative estimate of drug-likeness (QED) is 0.334. The van der Waals surface area contributed by atoms with Gasteiger partial charge >= 0.3 is 0 Å². The minimum Gasteiger partial charge on any atom is -0.192 e. The number of nitriles is 1. The van der Waals surface area contributed by atoms with Gasteiger partial charge in [-0.25, -0.2) is 0 Å². The maximum absolute atomic E-state index is 9.37. The molecule has 4 aromatic rings. The zero-order valence-electron chi connectivity index (χ0n) is 22.0. The van der Waals surface area contributed by atoms with Gasteiger partial charge in [-0.1, -0.05) is 119 Å². The number of hydrogen-bond donors (Lipinski definition) is 0. The Labute approximate surface area is 214 Å². The summed E-state index contributed by atoms with van der Waals surface area (Å²) in [6.45, 7) is 14.7. The van der Waals surface area contributed by atoms with Gasteiger partial charge in [-0.15, -0.1) is 0 Å². The minimum atomic E-state index is -0.146. The Bertz CT molecular complexity index is 1620. The molecule has 3 aliphatic heterocycles. The molecule has 3 heterocycles. The molecule has 0 saturated carbocycles. The molecule has 4 aromatic carbocycles. The molecule has 0 radical (unpaired) electrons. The van der Waals surface area contributed by atoms with Crippen molar-refractivity contribution < 1.29 is 0 Å². The second kappa shape index (κ2) is 6.60. The highest BCUT2D eigenvalue weighted by molar-refractivity contribution is 6.98. The van der Waals surface area contributed by atoms with E-state index < -0.39 is 0 Å². The third kappa shape index (κ3) is 2.37. The van der Waals surface area contributed by atoms with Crippen LogP contribution in [-0.4, -0.2) is 6.71 Å². The van der Waals surface area contributed by atoms with E-state index in [1.165, 1.54) is 60.9 Å². The van der Waals surface area contributed by atoms with Crippen molar-refractivity contribution in [1.29, 1.82) is 5.26 Å². The van der Waals surface area contributed by atoms with Gasteiger partial charge in [0.1, 0.15) is 0 Å². The second-order valence-electron chi connectivity index (χ2n) is 12.5. The third-order valence-electron chi connectivity index (χ3n) is 9.64. The Morgan fingerprint density at radius 1 is 0.556 bits per heavy atom. The zero-order chi connectivity index (χ0) is 25.2. The molecule has 0 aliphatic carbocycles. The van der Waals surface area contributed by atoms with Gasteiger partial charge in [-0.05, 0) is 56.6 Å². The highest BCUT2D eigenvalue weighted by Crippen LogP contribution is 2.48. The smallest absolute Gasteiger partial charge is 0.192 e. The molecule has 0 spiro atoms. The first-order chi connectivity index (χ1) is 17.1. The molecule has 174 valence electrons. The first-order valence-corrected chi connectivity index (χ1v) is 13.1.